The summed E-state index contributed by atoms with van der Waals surface area (Å²) in [6, 6.07) is 0. The molecule has 1 saturated heterocycles. The van der Waals surface area contributed by atoms with E-state index in [9.17, 15) is 38.7 Å². The van der Waals surface area contributed by atoms with Crippen molar-refractivity contribution in [2.75, 3.05) is 12.3 Å². The maximum Gasteiger partial charge on any atom is 0.481 e. The first kappa shape index (κ1) is 25.4. The van der Waals surface area contributed by atoms with Crippen LogP contribution in [0.4, 0.5) is 5.95 Å². The van der Waals surface area contributed by atoms with Crippen LogP contribution >= 0.6 is 15.6 Å². The van der Waals surface area contributed by atoms with Gasteiger partial charge in [-0.05, 0) is 6.92 Å². The van der Waals surface area contributed by atoms with Crippen LogP contribution in [0.15, 0.2) is 11.1 Å². The number of anilines is 1. The number of aliphatic hydroxyl groups is 2. The molecule has 0 amide bonds. The number of hydrogen-bond acceptors (Lipinski definition) is 13. The highest BCUT2D eigenvalue weighted by atomic mass is 31.3. The number of nitrogens with two attached hydrogens (primary N) is 1. The molecule has 3 heterocycles. The van der Waals surface area contributed by atoms with E-state index in [4.69, 9.17) is 15.6 Å². The number of ether oxygens (including phenoxy) is 1. The van der Waals surface area contributed by atoms with Gasteiger partial charge in [0.1, 0.15) is 18.3 Å². The number of carboxylic acid groups (broad SMARTS) is 1. The number of aromatic nitrogens is 4. The molecule has 1 fully saturated rings. The Hall–Kier alpha value is -2.24. The number of nitrogen functional groups attached to an aromatic ring is 1. The largest absolute Gasteiger partial charge is 0.481 e. The molecule has 2 unspecified atom stereocenters. The lowest BCUT2D eigenvalue weighted by atomic mass is 10.1. The first-order valence-electron chi connectivity index (χ1n) is 8.87. The second-order valence-corrected chi connectivity index (χ2v) is 9.72. The Bertz CT molecular complexity index is 1200. The van der Waals surface area contributed by atoms with Crippen LogP contribution in [-0.2, 0) is 32.0 Å². The van der Waals surface area contributed by atoms with Gasteiger partial charge in [-0.3, -0.25) is 23.4 Å². The number of carbonyl (C=O) groups is 1. The number of aliphatic hydroxyl groups excluding tert-OH is 2. The van der Waals surface area contributed by atoms with Crippen molar-refractivity contribution in [3.8, 4) is 0 Å². The molecule has 0 saturated carbocycles. The zero-order valence-corrected chi connectivity index (χ0v) is 18.3. The number of H-pyrrole nitrogens is 1. The number of phosphoric ester groups is 2. The van der Waals surface area contributed by atoms with Crippen molar-refractivity contribution < 1.29 is 57.1 Å². The first-order chi connectivity index (χ1) is 15.2. The highest BCUT2D eigenvalue weighted by Crippen LogP contribution is 2.61. The number of aliphatic carboxylic acids is 1. The van der Waals surface area contributed by atoms with Crippen LogP contribution in [0.25, 0.3) is 11.2 Å². The molecule has 0 radical (unpaired) electrons. The molecule has 2 aromatic heterocycles. The summed E-state index contributed by atoms with van der Waals surface area (Å²) < 4.78 is 42.8. The molecule has 20 heteroatoms. The Balaban J connectivity index is 1.70. The van der Waals surface area contributed by atoms with E-state index in [1.165, 1.54) is 0 Å². The molecular formula is C13H19N5O13P2. The molecule has 3 rings (SSSR count). The Labute approximate surface area is 182 Å². The molecule has 8 N–H and O–H groups in total. The second kappa shape index (κ2) is 9.19. The van der Waals surface area contributed by atoms with Crippen LogP contribution in [0.2, 0.25) is 0 Å². The number of carboxylic acids is 1. The average molecular weight is 515 g/mol. The number of imidazole rings is 1. The monoisotopic (exact) mass is 515 g/mol. The van der Waals surface area contributed by atoms with Gasteiger partial charge in [0, 0.05) is 0 Å². The van der Waals surface area contributed by atoms with Gasteiger partial charge in [0.2, 0.25) is 5.95 Å². The highest BCUT2D eigenvalue weighted by Gasteiger charge is 2.46. The molecule has 0 aromatic carbocycles. The summed E-state index contributed by atoms with van der Waals surface area (Å²) in [5, 5.41) is 29.2. The van der Waals surface area contributed by atoms with E-state index in [2.05, 4.69) is 28.3 Å². The minimum Gasteiger partial charge on any atom is -0.479 e. The van der Waals surface area contributed by atoms with Crippen molar-refractivity contribution in [2.24, 2.45) is 0 Å². The van der Waals surface area contributed by atoms with E-state index in [0.717, 1.165) is 17.8 Å². The number of hydrogen-bond donors (Lipinski definition) is 7. The van der Waals surface area contributed by atoms with Crippen molar-refractivity contribution in [3.63, 3.8) is 0 Å². The molecule has 0 spiro atoms. The van der Waals surface area contributed by atoms with Gasteiger partial charge < -0.3 is 35.6 Å². The fourth-order valence-corrected chi connectivity index (χ4v) is 5.02. The molecule has 7 atom stereocenters. The number of aromatic amines is 1. The third-order valence-corrected chi connectivity index (χ3v) is 7.02. The van der Waals surface area contributed by atoms with E-state index in [0.29, 0.717) is 0 Å². The third kappa shape index (κ3) is 5.64. The zero-order valence-electron chi connectivity index (χ0n) is 16.5. The SMILES string of the molecule is C[C@H](OP(=O)(O)OP(=O)(O)OC[C@H]1O[C@@H](n2cnc3c(=O)[nH]c(N)nc32)[C@H](O)[C@@H]1O)C(=O)O. The number of nitrogens with zero attached hydrogens (tertiary/aromatic N) is 3. The molecule has 0 bridgehead atoms. The Kier molecular flexibility index (Phi) is 7.07. The summed E-state index contributed by atoms with van der Waals surface area (Å²) >= 11 is 0. The fraction of sp³-hybridized carbons (Fsp3) is 0.538. The minimum absolute atomic E-state index is 0.0869. The van der Waals surface area contributed by atoms with Gasteiger partial charge >= 0.3 is 21.6 Å². The van der Waals surface area contributed by atoms with Crippen LogP contribution in [0.1, 0.15) is 13.2 Å². The molecule has 184 valence electrons. The first-order valence-corrected chi connectivity index (χ1v) is 11.9. The maximum absolute atomic E-state index is 12.0. The van der Waals surface area contributed by atoms with E-state index >= 15 is 0 Å². The molecule has 1 aliphatic heterocycles. The van der Waals surface area contributed by atoms with Crippen LogP contribution in [0, 0.1) is 0 Å². The summed E-state index contributed by atoms with van der Waals surface area (Å²) in [5.41, 5.74) is 4.59. The summed E-state index contributed by atoms with van der Waals surface area (Å²) in [4.78, 5) is 51.6. The van der Waals surface area contributed by atoms with Gasteiger partial charge in [-0.2, -0.15) is 9.29 Å². The van der Waals surface area contributed by atoms with Crippen molar-refractivity contribution in [1.29, 1.82) is 0 Å². The van der Waals surface area contributed by atoms with Crippen LogP contribution in [0.5, 0.6) is 0 Å². The van der Waals surface area contributed by atoms with Crippen molar-refractivity contribution in [3.05, 3.63) is 16.7 Å². The maximum atomic E-state index is 12.0. The number of phosphoric acid groups is 2. The van der Waals surface area contributed by atoms with Crippen molar-refractivity contribution in [2.45, 2.75) is 37.6 Å². The van der Waals surface area contributed by atoms with Gasteiger partial charge in [0.15, 0.2) is 23.5 Å². The number of rotatable bonds is 9. The Morgan fingerprint density at radius 2 is 2.00 bits per heavy atom. The standard InChI is InChI=1S/C13H19N5O13P2/c1-4(12(22)23)30-33(26,27)31-32(24,25)28-2-5-7(19)8(20)11(29-5)18-3-15-6-9(18)16-13(14)17-10(6)21/h3-5,7-8,11,19-20H,2H2,1H3,(H,22,23)(H,24,25)(H,26,27)(H3,14,16,17,21)/t4-,5+,7+,8+,11+/m0/s1. The van der Waals surface area contributed by atoms with E-state index in [1.54, 1.807) is 0 Å². The Morgan fingerprint density at radius 1 is 1.33 bits per heavy atom. The van der Waals surface area contributed by atoms with Crippen LogP contribution in [-0.4, -0.2) is 81.6 Å². The number of nitrogens with one attached hydrogen (secondary N) is 1. The summed E-state index contributed by atoms with van der Waals surface area (Å²) in [6.45, 7) is -0.0577. The quantitative estimate of drug-likeness (QED) is 0.179. The number of fused-ring (bicyclic) bond motifs is 1. The van der Waals surface area contributed by atoms with Gasteiger partial charge in [-0.25, -0.2) is 18.9 Å². The van der Waals surface area contributed by atoms with E-state index in [-0.39, 0.29) is 17.1 Å². The molecule has 18 nitrogen and oxygen atoms in total. The zero-order chi connectivity index (χ0) is 24.7. The molecule has 33 heavy (non-hydrogen) atoms. The van der Waals surface area contributed by atoms with Crippen molar-refractivity contribution in [1.82, 2.24) is 19.5 Å². The predicted molar refractivity (Wildman–Crippen MR) is 103 cm³/mol. The molecular weight excluding hydrogens is 496 g/mol. The van der Waals surface area contributed by atoms with Crippen molar-refractivity contribution >= 4 is 38.7 Å². The smallest absolute Gasteiger partial charge is 0.479 e. The van der Waals surface area contributed by atoms with Crippen LogP contribution in [0.3, 0.4) is 0 Å². The highest BCUT2D eigenvalue weighted by molar-refractivity contribution is 7.61. The minimum atomic E-state index is -5.34. The Morgan fingerprint density at radius 3 is 2.64 bits per heavy atom. The second-order valence-electron chi connectivity index (χ2n) is 6.72. The fourth-order valence-electron chi connectivity index (χ4n) is 2.81. The van der Waals surface area contributed by atoms with Crippen LogP contribution < -0.4 is 11.3 Å². The average Bonchev–Trinajstić information content (AvgIpc) is 3.20. The van der Waals surface area contributed by atoms with Gasteiger partial charge in [0.25, 0.3) is 5.56 Å². The molecule has 0 aliphatic carbocycles. The molecule has 1 aliphatic rings. The topological polar surface area (TPSA) is 279 Å². The third-order valence-electron chi connectivity index (χ3n) is 4.31. The van der Waals surface area contributed by atoms with Gasteiger partial charge in [-0.15, -0.1) is 0 Å². The summed E-state index contributed by atoms with van der Waals surface area (Å²) in [5.74, 6) is -1.90. The van der Waals surface area contributed by atoms with Gasteiger partial charge in [-0.1, -0.05) is 0 Å². The predicted octanol–water partition coefficient (Wildman–Crippen LogP) is -1.96. The normalized spacial score (nSPS) is 27.8. The molecule has 2 aromatic rings. The van der Waals surface area contributed by atoms with Gasteiger partial charge in [0.05, 0.1) is 12.9 Å². The lowest BCUT2D eigenvalue weighted by Crippen LogP contribution is -2.33. The van der Waals surface area contributed by atoms with E-state index in [1.807, 2.05) is 0 Å². The summed E-state index contributed by atoms with van der Waals surface area (Å²) in [6.07, 6.45) is -6.97. The lowest BCUT2D eigenvalue weighted by molar-refractivity contribution is -0.145. The van der Waals surface area contributed by atoms with E-state index < -0.39 is 64.4 Å². The lowest BCUT2D eigenvalue weighted by Gasteiger charge is -2.20. The summed E-state index contributed by atoms with van der Waals surface area (Å²) in [7, 11) is -10.7.